The number of fused-ring (bicyclic) bond motifs is 1. The Morgan fingerprint density at radius 1 is 1.24 bits per heavy atom. The fourth-order valence-electron chi connectivity index (χ4n) is 3.92. The highest BCUT2D eigenvalue weighted by molar-refractivity contribution is 6.35. The predicted octanol–water partition coefficient (Wildman–Crippen LogP) is 4.70. The van der Waals surface area contributed by atoms with Crippen molar-refractivity contribution in [1.29, 1.82) is 0 Å². The summed E-state index contributed by atoms with van der Waals surface area (Å²) in [5.41, 5.74) is 5.16. The van der Waals surface area contributed by atoms with Gasteiger partial charge in [-0.3, -0.25) is 0 Å². The van der Waals surface area contributed by atoms with Crippen LogP contribution in [0.15, 0.2) is 18.2 Å². The van der Waals surface area contributed by atoms with Crippen molar-refractivity contribution < 1.29 is 4.74 Å². The van der Waals surface area contributed by atoms with Crippen molar-refractivity contribution in [1.82, 2.24) is 15.3 Å². The van der Waals surface area contributed by atoms with Crippen LogP contribution >= 0.6 is 11.6 Å². The number of hydrogen-bond donors (Lipinski definition) is 3. The van der Waals surface area contributed by atoms with E-state index in [0.717, 1.165) is 67.3 Å². The molecule has 0 saturated carbocycles. The van der Waals surface area contributed by atoms with Gasteiger partial charge in [0.05, 0.1) is 17.3 Å². The fourth-order valence-corrected chi connectivity index (χ4v) is 4.23. The molecule has 0 unspecified atom stereocenters. The van der Waals surface area contributed by atoms with Crippen LogP contribution in [0, 0.1) is 6.92 Å². The van der Waals surface area contributed by atoms with E-state index >= 15 is 0 Å². The quantitative estimate of drug-likeness (QED) is 0.674. The molecular weight excluding hydrogens is 386 g/mol. The number of nitrogens with zero attached hydrogens (tertiary/aromatic N) is 2. The van der Waals surface area contributed by atoms with Gasteiger partial charge >= 0.3 is 0 Å². The lowest BCUT2D eigenvalue weighted by molar-refractivity contribution is 0.287. The molecule has 0 amide bonds. The molecule has 2 aliphatic heterocycles. The van der Waals surface area contributed by atoms with E-state index < -0.39 is 0 Å². The Bertz CT molecular complexity index is 943. The highest BCUT2D eigenvalue weighted by Crippen LogP contribution is 2.45. The maximum absolute atomic E-state index is 6.96. The summed E-state index contributed by atoms with van der Waals surface area (Å²) in [6, 6.07) is 4.48. The Labute approximate surface area is 177 Å². The Morgan fingerprint density at radius 2 is 2.10 bits per heavy atom. The molecule has 154 valence electrons. The molecule has 0 bridgehead atoms. The van der Waals surface area contributed by atoms with Crippen molar-refractivity contribution in [3.63, 3.8) is 0 Å². The second-order valence-corrected chi connectivity index (χ2v) is 8.10. The van der Waals surface area contributed by atoms with Crippen LogP contribution in [0.3, 0.4) is 0 Å². The van der Waals surface area contributed by atoms with Crippen molar-refractivity contribution in [3.05, 3.63) is 40.1 Å². The van der Waals surface area contributed by atoms with E-state index in [1.807, 2.05) is 20.0 Å². The van der Waals surface area contributed by atoms with Crippen LogP contribution in [-0.4, -0.2) is 36.2 Å². The first-order chi connectivity index (χ1) is 14.0. The molecule has 0 radical (unpaired) electrons. The third-order valence-electron chi connectivity index (χ3n) is 5.47. The molecule has 0 saturated heterocycles. The zero-order chi connectivity index (χ0) is 20.4. The van der Waals surface area contributed by atoms with Gasteiger partial charge in [0.15, 0.2) is 0 Å². The second kappa shape index (κ2) is 8.59. The van der Waals surface area contributed by atoms with Crippen LogP contribution in [0.1, 0.15) is 43.0 Å². The second-order valence-electron chi connectivity index (χ2n) is 7.72. The summed E-state index contributed by atoms with van der Waals surface area (Å²) in [5.74, 6) is 2.24. The molecule has 4 rings (SSSR count). The first-order valence-electron chi connectivity index (χ1n) is 10.3. The molecule has 2 aromatic rings. The number of halogens is 1. The number of rotatable bonds is 4. The molecule has 0 fully saturated rings. The van der Waals surface area contributed by atoms with Gasteiger partial charge in [0.25, 0.3) is 0 Å². The van der Waals surface area contributed by atoms with Gasteiger partial charge in [0.2, 0.25) is 5.95 Å². The minimum absolute atomic E-state index is 0.487. The van der Waals surface area contributed by atoms with Gasteiger partial charge < -0.3 is 20.7 Å². The summed E-state index contributed by atoms with van der Waals surface area (Å²) < 4.78 is 6.10. The van der Waals surface area contributed by atoms with Crippen molar-refractivity contribution in [2.24, 2.45) is 0 Å². The van der Waals surface area contributed by atoms with Crippen LogP contribution in [0.5, 0.6) is 5.75 Å². The van der Waals surface area contributed by atoms with Gasteiger partial charge in [-0.15, -0.1) is 0 Å². The molecule has 0 spiro atoms. The molecule has 2 aliphatic rings. The van der Waals surface area contributed by atoms with Gasteiger partial charge in [-0.1, -0.05) is 17.7 Å². The summed E-state index contributed by atoms with van der Waals surface area (Å²) in [6.45, 7) is 5.74. The first-order valence-corrected chi connectivity index (χ1v) is 10.6. The number of benzene rings is 1. The van der Waals surface area contributed by atoms with Crippen molar-refractivity contribution in [2.75, 3.05) is 30.8 Å². The zero-order valence-electron chi connectivity index (χ0n) is 17.2. The Morgan fingerprint density at radius 3 is 2.93 bits per heavy atom. The number of anilines is 3. The Balaban J connectivity index is 1.77. The summed E-state index contributed by atoms with van der Waals surface area (Å²) in [4.78, 5) is 9.04. The predicted molar refractivity (Wildman–Crippen MR) is 120 cm³/mol. The summed E-state index contributed by atoms with van der Waals surface area (Å²) in [5, 5.41) is 10.6. The van der Waals surface area contributed by atoms with Crippen LogP contribution in [0.4, 0.5) is 17.5 Å². The minimum atomic E-state index is 0.487. The van der Waals surface area contributed by atoms with Crippen LogP contribution < -0.4 is 20.7 Å². The lowest BCUT2D eigenvalue weighted by Crippen LogP contribution is -2.24. The summed E-state index contributed by atoms with van der Waals surface area (Å²) in [6.07, 6.45) is 6.27. The van der Waals surface area contributed by atoms with Gasteiger partial charge in [0.1, 0.15) is 11.6 Å². The van der Waals surface area contributed by atoms with E-state index in [1.165, 1.54) is 11.1 Å². The fraction of sp³-hybridized carbons (Fsp3) is 0.455. The molecule has 6 nitrogen and oxygen atoms in total. The third kappa shape index (κ3) is 4.33. The normalized spacial score (nSPS) is 18.9. The van der Waals surface area contributed by atoms with Crippen molar-refractivity contribution >= 4 is 34.6 Å². The topological polar surface area (TPSA) is 71.1 Å². The number of nitrogens with one attached hydrogen (secondary N) is 3. The van der Waals surface area contributed by atoms with E-state index in [0.29, 0.717) is 17.0 Å². The van der Waals surface area contributed by atoms with E-state index in [2.05, 4.69) is 45.0 Å². The van der Waals surface area contributed by atoms with E-state index in [-0.39, 0.29) is 0 Å². The third-order valence-corrected chi connectivity index (χ3v) is 5.86. The minimum Gasteiger partial charge on any atom is -0.493 e. The monoisotopic (exact) mass is 413 g/mol. The average molecular weight is 414 g/mol. The molecule has 7 heteroatoms. The average Bonchev–Trinajstić information content (AvgIpc) is 2.92. The lowest BCUT2D eigenvalue weighted by atomic mass is 9.93. The molecule has 1 atom stereocenters. The smallest absolute Gasteiger partial charge is 0.229 e. The standard InChI is InChI=1S/C22H28ClN5O/c1-13-6-7-15(8-9-25-13)19-20(23)17(12-16-5-4-10-29-21(16)19)27-22-26-14(2)11-18(24-3)28-22/h8,11-13,25H,4-7,9-10H2,1-3H3,(H2,24,26,27,28)/t13-/m1/s1. The van der Waals surface area contributed by atoms with E-state index in [1.54, 1.807) is 0 Å². The Kier molecular flexibility index (Phi) is 5.92. The molecule has 1 aromatic carbocycles. The number of allylic oxidation sites excluding steroid dienone is 1. The van der Waals surface area contributed by atoms with Gasteiger partial charge in [0, 0.05) is 37.0 Å². The van der Waals surface area contributed by atoms with E-state index in [9.17, 15) is 0 Å². The highest BCUT2D eigenvalue weighted by atomic mass is 35.5. The largest absolute Gasteiger partial charge is 0.493 e. The molecule has 0 aliphatic carbocycles. The summed E-state index contributed by atoms with van der Waals surface area (Å²) in [7, 11) is 1.85. The highest BCUT2D eigenvalue weighted by Gasteiger charge is 2.25. The Hall–Kier alpha value is -2.31. The number of ether oxygens (including phenoxy) is 1. The van der Waals surface area contributed by atoms with Crippen LogP contribution in [-0.2, 0) is 6.42 Å². The number of aromatic nitrogens is 2. The number of aryl methyl sites for hydroxylation is 2. The lowest BCUT2D eigenvalue weighted by Gasteiger charge is -2.25. The molecule has 3 heterocycles. The number of hydrogen-bond acceptors (Lipinski definition) is 6. The molecule has 29 heavy (non-hydrogen) atoms. The zero-order valence-corrected chi connectivity index (χ0v) is 18.0. The molecule has 3 N–H and O–H groups in total. The van der Waals surface area contributed by atoms with Crippen LogP contribution in [0.2, 0.25) is 5.02 Å². The van der Waals surface area contributed by atoms with Gasteiger partial charge in [-0.25, -0.2) is 4.98 Å². The maximum Gasteiger partial charge on any atom is 0.229 e. The summed E-state index contributed by atoms with van der Waals surface area (Å²) >= 11 is 6.96. The maximum atomic E-state index is 6.96. The van der Waals surface area contributed by atoms with Crippen molar-refractivity contribution in [3.8, 4) is 5.75 Å². The molecule has 1 aromatic heterocycles. The molecular formula is C22H28ClN5O. The van der Waals surface area contributed by atoms with E-state index in [4.69, 9.17) is 16.3 Å². The van der Waals surface area contributed by atoms with Crippen LogP contribution in [0.25, 0.3) is 5.57 Å². The van der Waals surface area contributed by atoms with Gasteiger partial charge in [-0.2, -0.15) is 4.98 Å². The van der Waals surface area contributed by atoms with Crippen molar-refractivity contribution in [2.45, 2.75) is 45.6 Å². The first kappa shape index (κ1) is 20.0. The SMILES string of the molecule is CNc1cc(C)nc(Nc2cc3c(c(C4=CCN[C@H](C)CC4)c2Cl)OCCC3)n1. The van der Waals surface area contributed by atoms with Gasteiger partial charge in [-0.05, 0) is 56.7 Å².